The second-order valence-corrected chi connectivity index (χ2v) is 4.32. The first-order chi connectivity index (χ1) is 4.48. The zero-order valence-corrected chi connectivity index (χ0v) is 7.29. The molecule has 0 heterocycles. The summed E-state index contributed by atoms with van der Waals surface area (Å²) in [6.07, 6.45) is 0.464. The molecule has 3 heteroatoms. The third-order valence-electron chi connectivity index (χ3n) is 0.997. The van der Waals surface area contributed by atoms with E-state index in [-0.39, 0.29) is 10.5 Å². The van der Waals surface area contributed by atoms with Crippen LogP contribution in [-0.4, -0.2) is 10.5 Å². The second kappa shape index (κ2) is 3.62. The minimum absolute atomic E-state index is 0.132. The highest BCUT2D eigenvalue weighted by molar-refractivity contribution is 8.05. The van der Waals surface area contributed by atoms with Gasteiger partial charge in [0.2, 0.25) is 0 Å². The van der Waals surface area contributed by atoms with Gasteiger partial charge in [-0.2, -0.15) is 5.26 Å². The molecule has 0 N–H and O–H groups in total. The minimum atomic E-state index is -0.222. The highest BCUT2D eigenvalue weighted by Gasteiger charge is 2.20. The molecule has 0 radical (unpaired) electrons. The average molecular weight is 157 g/mol. The van der Waals surface area contributed by atoms with Gasteiger partial charge in [0.25, 0.3) is 0 Å². The number of rotatable bonds is 3. The normalized spacial score (nSPS) is 10.6. The molecule has 0 aliphatic heterocycles. The number of nitrogens with zero attached hydrogens (tertiary/aromatic N) is 1. The number of ketones is 1. The van der Waals surface area contributed by atoms with Crippen LogP contribution in [0.1, 0.15) is 27.2 Å². The molecule has 0 spiro atoms. The third-order valence-corrected chi connectivity index (χ3v) is 1.78. The van der Waals surface area contributed by atoms with Crippen molar-refractivity contribution in [3.05, 3.63) is 0 Å². The Kier molecular flexibility index (Phi) is 3.45. The molecule has 0 unspecified atom stereocenters. The third kappa shape index (κ3) is 4.39. The van der Waals surface area contributed by atoms with E-state index in [0.717, 1.165) is 11.8 Å². The number of hydrogen-bond acceptors (Lipinski definition) is 3. The Morgan fingerprint density at radius 3 is 2.50 bits per heavy atom. The Morgan fingerprint density at radius 1 is 1.70 bits per heavy atom. The molecule has 0 aromatic heterocycles. The van der Waals surface area contributed by atoms with Crippen molar-refractivity contribution in [2.24, 2.45) is 0 Å². The Morgan fingerprint density at radius 2 is 2.20 bits per heavy atom. The maximum atomic E-state index is 10.6. The van der Waals surface area contributed by atoms with E-state index in [1.165, 1.54) is 0 Å². The van der Waals surface area contributed by atoms with Crippen molar-refractivity contribution in [3.8, 4) is 5.40 Å². The number of carbonyl (C=O) groups excluding carboxylic acids is 1. The summed E-state index contributed by atoms with van der Waals surface area (Å²) in [5, 5.41) is 10.3. The van der Waals surface area contributed by atoms with E-state index in [2.05, 4.69) is 0 Å². The maximum Gasteiger partial charge on any atom is 0.133 e. The van der Waals surface area contributed by atoms with Gasteiger partial charge in [-0.15, -0.1) is 0 Å². The lowest BCUT2D eigenvalue weighted by atomic mass is 10.1. The first kappa shape index (κ1) is 9.51. The van der Waals surface area contributed by atoms with Crippen molar-refractivity contribution < 1.29 is 4.79 Å². The van der Waals surface area contributed by atoms with Crippen LogP contribution in [0.25, 0.3) is 0 Å². The summed E-state index contributed by atoms with van der Waals surface area (Å²) in [4.78, 5) is 10.6. The van der Waals surface area contributed by atoms with Gasteiger partial charge in [0.15, 0.2) is 0 Å². The van der Waals surface area contributed by atoms with Crippen LogP contribution in [0.3, 0.4) is 0 Å². The summed E-state index contributed by atoms with van der Waals surface area (Å²) >= 11 is 1.15. The van der Waals surface area contributed by atoms with Gasteiger partial charge in [0.1, 0.15) is 11.2 Å². The summed E-state index contributed by atoms with van der Waals surface area (Å²) in [5.41, 5.74) is 0. The molecule has 0 rings (SSSR count). The molecule has 56 valence electrons. The lowest BCUT2D eigenvalue weighted by molar-refractivity contribution is -0.117. The minimum Gasteiger partial charge on any atom is -0.300 e. The number of nitriles is 1. The van der Waals surface area contributed by atoms with Crippen molar-refractivity contribution in [3.63, 3.8) is 0 Å². The van der Waals surface area contributed by atoms with Crippen LogP contribution >= 0.6 is 11.8 Å². The molecule has 0 aliphatic carbocycles. The molecule has 0 saturated carbocycles. The maximum absolute atomic E-state index is 10.6. The molecule has 0 atom stereocenters. The smallest absolute Gasteiger partial charge is 0.133 e. The molecule has 0 aliphatic rings. The number of thiocyanates is 1. The average Bonchev–Trinajstić information content (AvgIpc) is 1.59. The van der Waals surface area contributed by atoms with Crippen molar-refractivity contribution >= 4 is 17.5 Å². The van der Waals surface area contributed by atoms with Crippen LogP contribution in [0, 0.1) is 10.7 Å². The van der Waals surface area contributed by atoms with Crippen molar-refractivity contribution in [1.82, 2.24) is 0 Å². The highest BCUT2D eigenvalue weighted by Crippen LogP contribution is 2.26. The molecule has 0 saturated heterocycles. The number of Topliss-reactive ketones (excluding diaryl/α,β-unsaturated/α-hetero) is 1. The van der Waals surface area contributed by atoms with Gasteiger partial charge in [-0.25, -0.2) is 0 Å². The molecule has 10 heavy (non-hydrogen) atoms. The van der Waals surface area contributed by atoms with Crippen LogP contribution in [-0.2, 0) is 4.79 Å². The fourth-order valence-corrected chi connectivity index (χ4v) is 1.28. The SMILES string of the molecule is CC(=O)CC(C)(C)SC#N. The van der Waals surface area contributed by atoms with Crippen LogP contribution in [0.2, 0.25) is 0 Å². The van der Waals surface area contributed by atoms with Crippen LogP contribution in [0.4, 0.5) is 0 Å². The Labute approximate surface area is 65.6 Å². The number of hydrogen-bond donors (Lipinski definition) is 0. The van der Waals surface area contributed by atoms with Gasteiger partial charge in [-0.05, 0) is 32.5 Å². The van der Waals surface area contributed by atoms with E-state index < -0.39 is 0 Å². The summed E-state index contributed by atoms with van der Waals surface area (Å²) in [6.45, 7) is 5.32. The monoisotopic (exact) mass is 157 g/mol. The quantitative estimate of drug-likeness (QED) is 0.588. The standard InChI is InChI=1S/C7H11NOS/c1-6(9)4-7(2,3)10-5-8/h4H2,1-3H3. The van der Waals surface area contributed by atoms with Gasteiger partial charge < -0.3 is 0 Å². The topological polar surface area (TPSA) is 40.9 Å². The molecule has 0 amide bonds. The largest absolute Gasteiger partial charge is 0.300 e. The van der Waals surface area contributed by atoms with Crippen molar-refractivity contribution in [2.75, 3.05) is 0 Å². The molecular weight excluding hydrogens is 146 g/mol. The van der Waals surface area contributed by atoms with Crippen molar-refractivity contribution in [1.29, 1.82) is 5.26 Å². The fraction of sp³-hybridized carbons (Fsp3) is 0.714. The summed E-state index contributed by atoms with van der Waals surface area (Å²) in [5.74, 6) is 0.132. The highest BCUT2D eigenvalue weighted by atomic mass is 32.2. The summed E-state index contributed by atoms with van der Waals surface area (Å²) < 4.78 is -0.222. The van der Waals surface area contributed by atoms with Crippen LogP contribution < -0.4 is 0 Å². The first-order valence-electron chi connectivity index (χ1n) is 3.04. The van der Waals surface area contributed by atoms with Crippen molar-refractivity contribution in [2.45, 2.75) is 31.9 Å². The zero-order chi connectivity index (χ0) is 8.20. The molecular formula is C7H11NOS. The lowest BCUT2D eigenvalue weighted by Crippen LogP contribution is -2.17. The molecule has 0 aromatic carbocycles. The van der Waals surface area contributed by atoms with E-state index in [1.54, 1.807) is 6.92 Å². The Hall–Kier alpha value is -0.490. The molecule has 0 bridgehead atoms. The van der Waals surface area contributed by atoms with Gasteiger partial charge >= 0.3 is 0 Å². The van der Waals surface area contributed by atoms with E-state index in [1.807, 2.05) is 19.2 Å². The predicted octanol–water partition coefficient (Wildman–Crippen LogP) is 1.96. The van der Waals surface area contributed by atoms with E-state index in [4.69, 9.17) is 5.26 Å². The Balaban J connectivity index is 3.89. The number of carbonyl (C=O) groups is 1. The van der Waals surface area contributed by atoms with E-state index in [0.29, 0.717) is 6.42 Å². The van der Waals surface area contributed by atoms with Gasteiger partial charge in [0, 0.05) is 11.2 Å². The summed E-state index contributed by atoms with van der Waals surface area (Å²) in [6, 6.07) is 0. The molecule has 0 fully saturated rings. The molecule has 0 aromatic rings. The molecule has 2 nitrogen and oxygen atoms in total. The van der Waals surface area contributed by atoms with E-state index in [9.17, 15) is 4.79 Å². The van der Waals surface area contributed by atoms with Gasteiger partial charge in [0.05, 0.1) is 0 Å². The van der Waals surface area contributed by atoms with Crippen LogP contribution in [0.5, 0.6) is 0 Å². The van der Waals surface area contributed by atoms with Gasteiger partial charge in [-0.1, -0.05) is 0 Å². The van der Waals surface area contributed by atoms with Gasteiger partial charge in [-0.3, -0.25) is 4.79 Å². The van der Waals surface area contributed by atoms with E-state index >= 15 is 0 Å². The number of thioether (sulfide) groups is 1. The second-order valence-electron chi connectivity index (χ2n) is 2.83. The van der Waals surface area contributed by atoms with Crippen LogP contribution in [0.15, 0.2) is 0 Å². The summed E-state index contributed by atoms with van der Waals surface area (Å²) in [7, 11) is 0. The predicted molar refractivity (Wildman–Crippen MR) is 42.6 cm³/mol. The lowest BCUT2D eigenvalue weighted by Gasteiger charge is -2.16. The Bertz CT molecular complexity index is 169. The first-order valence-corrected chi connectivity index (χ1v) is 3.86. The fourth-order valence-electron chi connectivity index (χ4n) is 0.759. The zero-order valence-electron chi connectivity index (χ0n) is 6.47.